The maximum atomic E-state index is 8.81. The summed E-state index contributed by atoms with van der Waals surface area (Å²) >= 11 is 5.97. The second-order valence-corrected chi connectivity index (χ2v) is 4.94. The predicted molar refractivity (Wildman–Crippen MR) is 80.9 cm³/mol. The number of benzene rings is 1. The van der Waals surface area contributed by atoms with Crippen LogP contribution in [0.4, 0.5) is 0 Å². The van der Waals surface area contributed by atoms with Crippen molar-refractivity contribution in [3.8, 4) is 5.75 Å². The molecule has 21 heavy (non-hydrogen) atoms. The predicted octanol–water partition coefficient (Wildman–Crippen LogP) is 2.54. The molecule has 0 unspecified atom stereocenters. The Kier molecular flexibility index (Phi) is 4.70. The van der Waals surface area contributed by atoms with Gasteiger partial charge >= 0.3 is 0 Å². The van der Waals surface area contributed by atoms with Crippen molar-refractivity contribution in [2.45, 2.75) is 27.0 Å². The summed E-state index contributed by atoms with van der Waals surface area (Å²) in [5, 5.41) is 16.7. The van der Waals surface area contributed by atoms with Gasteiger partial charge in [0.05, 0.1) is 17.0 Å². The second-order valence-electron chi connectivity index (χ2n) is 4.51. The number of nitrogens with two attached hydrogens (primary N) is 1. The largest absolute Gasteiger partial charge is 0.486 e. The van der Waals surface area contributed by atoms with Crippen LogP contribution in [0.1, 0.15) is 23.9 Å². The van der Waals surface area contributed by atoms with E-state index in [-0.39, 0.29) is 5.84 Å². The summed E-state index contributed by atoms with van der Waals surface area (Å²) in [5.74, 6) is 0.432. The van der Waals surface area contributed by atoms with Crippen molar-refractivity contribution in [1.29, 1.82) is 0 Å². The molecule has 0 saturated carbocycles. The van der Waals surface area contributed by atoms with Gasteiger partial charge in [-0.15, -0.1) is 0 Å². The van der Waals surface area contributed by atoms with Gasteiger partial charge in [0.15, 0.2) is 5.84 Å². The highest BCUT2D eigenvalue weighted by molar-refractivity contribution is 6.30. The van der Waals surface area contributed by atoms with Gasteiger partial charge in [0.1, 0.15) is 12.4 Å². The van der Waals surface area contributed by atoms with Gasteiger partial charge in [0, 0.05) is 11.6 Å². The lowest BCUT2D eigenvalue weighted by molar-refractivity contribution is 0.290. The summed E-state index contributed by atoms with van der Waals surface area (Å²) in [6.45, 7) is 5.02. The molecule has 1 heterocycles. The molecule has 0 atom stereocenters. The summed E-state index contributed by atoms with van der Waals surface area (Å²) in [6.07, 6.45) is 0. The SMILES string of the molecule is CCn1nc(C)cc1COc1cc(Cl)ccc1/C(N)=N/O. The van der Waals surface area contributed by atoms with E-state index in [1.165, 1.54) is 0 Å². The smallest absolute Gasteiger partial charge is 0.173 e. The Balaban J connectivity index is 2.25. The van der Waals surface area contributed by atoms with Crippen molar-refractivity contribution in [3.63, 3.8) is 0 Å². The number of nitrogens with zero attached hydrogens (tertiary/aromatic N) is 3. The van der Waals surface area contributed by atoms with Crippen LogP contribution in [-0.2, 0) is 13.2 Å². The maximum Gasteiger partial charge on any atom is 0.173 e. The first-order chi connectivity index (χ1) is 10.0. The molecule has 0 spiro atoms. The summed E-state index contributed by atoms with van der Waals surface area (Å²) in [5.41, 5.74) is 7.99. The Labute approximate surface area is 127 Å². The molecular weight excluding hydrogens is 292 g/mol. The van der Waals surface area contributed by atoms with Gasteiger partial charge in [-0.3, -0.25) is 4.68 Å². The quantitative estimate of drug-likeness (QED) is 0.385. The van der Waals surface area contributed by atoms with Crippen molar-refractivity contribution in [1.82, 2.24) is 9.78 Å². The number of aromatic nitrogens is 2. The summed E-state index contributed by atoms with van der Waals surface area (Å²) in [7, 11) is 0. The average Bonchev–Trinajstić information content (AvgIpc) is 2.84. The molecule has 0 saturated heterocycles. The molecule has 7 heteroatoms. The molecule has 0 fully saturated rings. The van der Waals surface area contributed by atoms with Crippen molar-refractivity contribution in [2.75, 3.05) is 0 Å². The highest BCUT2D eigenvalue weighted by Crippen LogP contribution is 2.24. The third-order valence-electron chi connectivity index (χ3n) is 2.99. The van der Waals surface area contributed by atoms with Gasteiger partial charge in [-0.05, 0) is 38.1 Å². The van der Waals surface area contributed by atoms with E-state index in [0.717, 1.165) is 17.9 Å². The van der Waals surface area contributed by atoms with Gasteiger partial charge in [-0.2, -0.15) is 5.10 Å². The second kappa shape index (κ2) is 6.49. The molecule has 2 aromatic rings. The van der Waals surface area contributed by atoms with Crippen LogP contribution < -0.4 is 10.5 Å². The molecule has 6 nitrogen and oxygen atoms in total. The fraction of sp³-hybridized carbons (Fsp3) is 0.286. The standard InChI is InChI=1S/C14H17ClN4O2/c1-3-19-11(6-9(2)17-19)8-21-13-7-10(15)4-5-12(13)14(16)18-20/h4-7,20H,3,8H2,1-2H3,(H2,16,18). The van der Waals surface area contributed by atoms with Crippen LogP contribution >= 0.6 is 11.6 Å². The number of rotatable bonds is 5. The Morgan fingerprint density at radius 3 is 2.90 bits per heavy atom. The molecule has 0 amide bonds. The Morgan fingerprint density at radius 2 is 2.24 bits per heavy atom. The minimum atomic E-state index is -0.0261. The van der Waals surface area contributed by atoms with Crippen molar-refractivity contribution >= 4 is 17.4 Å². The zero-order valence-electron chi connectivity index (χ0n) is 11.9. The van der Waals surface area contributed by atoms with Crippen LogP contribution in [0, 0.1) is 6.92 Å². The van der Waals surface area contributed by atoms with Crippen molar-refractivity contribution < 1.29 is 9.94 Å². The number of oxime groups is 1. The van der Waals surface area contributed by atoms with Gasteiger partial charge in [0.25, 0.3) is 0 Å². The molecule has 0 aliphatic rings. The van der Waals surface area contributed by atoms with Gasteiger partial charge < -0.3 is 15.7 Å². The fourth-order valence-electron chi connectivity index (χ4n) is 2.02. The van der Waals surface area contributed by atoms with Crippen LogP contribution in [0.25, 0.3) is 0 Å². The molecular formula is C14H17ClN4O2. The number of ether oxygens (including phenoxy) is 1. The third-order valence-corrected chi connectivity index (χ3v) is 3.22. The first-order valence-corrected chi connectivity index (χ1v) is 6.86. The van der Waals surface area contributed by atoms with E-state index in [1.807, 2.05) is 24.6 Å². The lowest BCUT2D eigenvalue weighted by Gasteiger charge is -2.11. The molecule has 0 aliphatic heterocycles. The average molecular weight is 309 g/mol. The van der Waals surface area contributed by atoms with Crippen molar-refractivity contribution in [2.24, 2.45) is 10.9 Å². The Hall–Kier alpha value is -2.21. The number of hydrogen-bond donors (Lipinski definition) is 2. The van der Waals surface area contributed by atoms with Gasteiger partial charge in [0.2, 0.25) is 0 Å². The fourth-order valence-corrected chi connectivity index (χ4v) is 2.18. The zero-order chi connectivity index (χ0) is 15.4. The Morgan fingerprint density at radius 1 is 1.48 bits per heavy atom. The first kappa shape index (κ1) is 15.2. The van der Waals surface area contributed by atoms with E-state index in [9.17, 15) is 0 Å². The number of aryl methyl sites for hydroxylation is 2. The number of amidine groups is 1. The van der Waals surface area contributed by atoms with E-state index in [4.69, 9.17) is 27.3 Å². The summed E-state index contributed by atoms with van der Waals surface area (Å²) < 4.78 is 7.63. The lowest BCUT2D eigenvalue weighted by atomic mass is 10.2. The van der Waals surface area contributed by atoms with E-state index in [1.54, 1.807) is 18.2 Å². The third kappa shape index (κ3) is 3.46. The topological polar surface area (TPSA) is 85.7 Å². The molecule has 0 aliphatic carbocycles. The number of halogens is 1. The van der Waals surface area contributed by atoms with E-state index in [2.05, 4.69) is 10.3 Å². The van der Waals surface area contributed by atoms with Crippen LogP contribution in [-0.4, -0.2) is 20.8 Å². The highest BCUT2D eigenvalue weighted by atomic mass is 35.5. The molecule has 112 valence electrons. The minimum absolute atomic E-state index is 0.0261. The zero-order valence-corrected chi connectivity index (χ0v) is 12.6. The Bertz CT molecular complexity index is 667. The molecule has 1 aromatic heterocycles. The van der Waals surface area contributed by atoms with Crippen LogP contribution in [0.5, 0.6) is 5.75 Å². The number of hydrogen-bond acceptors (Lipinski definition) is 4. The van der Waals surface area contributed by atoms with E-state index in [0.29, 0.717) is 22.9 Å². The normalized spacial score (nSPS) is 11.7. The van der Waals surface area contributed by atoms with Gasteiger partial charge in [-0.1, -0.05) is 16.8 Å². The van der Waals surface area contributed by atoms with E-state index >= 15 is 0 Å². The first-order valence-electron chi connectivity index (χ1n) is 6.48. The van der Waals surface area contributed by atoms with Crippen LogP contribution in [0.2, 0.25) is 5.02 Å². The summed E-state index contributed by atoms with van der Waals surface area (Å²) in [4.78, 5) is 0. The van der Waals surface area contributed by atoms with Crippen LogP contribution in [0.15, 0.2) is 29.4 Å². The maximum absolute atomic E-state index is 8.81. The molecule has 2 rings (SSSR count). The molecule has 0 bridgehead atoms. The van der Waals surface area contributed by atoms with Crippen molar-refractivity contribution in [3.05, 3.63) is 46.2 Å². The highest BCUT2D eigenvalue weighted by Gasteiger charge is 2.11. The molecule has 0 radical (unpaired) electrons. The lowest BCUT2D eigenvalue weighted by Crippen LogP contribution is -2.15. The molecule has 1 aromatic carbocycles. The summed E-state index contributed by atoms with van der Waals surface area (Å²) in [6, 6.07) is 6.89. The van der Waals surface area contributed by atoms with E-state index < -0.39 is 0 Å². The van der Waals surface area contributed by atoms with Crippen LogP contribution in [0.3, 0.4) is 0 Å². The van der Waals surface area contributed by atoms with Gasteiger partial charge in [-0.25, -0.2) is 0 Å². The minimum Gasteiger partial charge on any atom is -0.486 e. The molecule has 3 N–H and O–H groups in total. The monoisotopic (exact) mass is 308 g/mol.